The first-order chi connectivity index (χ1) is 23.7. The van der Waals surface area contributed by atoms with E-state index < -0.39 is 13.3 Å². The Morgan fingerprint density at radius 3 is 2.40 bits per heavy atom. The number of aryl methyl sites for hydroxylation is 1. The third-order valence-electron chi connectivity index (χ3n) is 9.79. The number of rotatable bonds is 6. The summed E-state index contributed by atoms with van der Waals surface area (Å²) in [6.07, 6.45) is 10.5. The van der Waals surface area contributed by atoms with Gasteiger partial charge in [-0.2, -0.15) is 0 Å². The molecule has 3 aromatic carbocycles. The van der Waals surface area contributed by atoms with Crippen molar-refractivity contribution >= 4 is 50.8 Å². The first-order valence-electron chi connectivity index (χ1n) is 17.8. The Morgan fingerprint density at radius 1 is 0.880 bits per heavy atom. The van der Waals surface area contributed by atoms with Crippen LogP contribution in [0.3, 0.4) is 0 Å². The predicted octanol–water partition coefficient (Wildman–Crippen LogP) is 10.9. The number of fused-ring (bicyclic) bond motifs is 4. The van der Waals surface area contributed by atoms with E-state index in [-0.39, 0.29) is 26.1 Å². The van der Waals surface area contributed by atoms with Crippen molar-refractivity contribution in [3.63, 3.8) is 0 Å². The minimum Gasteiger partial charge on any atom is 0 e. The summed E-state index contributed by atoms with van der Waals surface area (Å²) in [5.74, 6) is 9.20. The van der Waals surface area contributed by atoms with Crippen LogP contribution in [0.15, 0.2) is 89.5 Å². The zero-order valence-corrected chi connectivity index (χ0v) is 34.5. The molecule has 50 heavy (non-hydrogen) atoms. The summed E-state index contributed by atoms with van der Waals surface area (Å²) in [6, 6.07) is 33.8. The summed E-state index contributed by atoms with van der Waals surface area (Å²) >= 11 is -1.89. The molecule has 259 valence electrons. The largest absolute Gasteiger partial charge is 0 e. The van der Waals surface area contributed by atoms with Crippen molar-refractivity contribution in [2.45, 2.75) is 82.6 Å². The molecule has 0 atom stereocenters. The molecule has 1 fully saturated rings. The summed E-state index contributed by atoms with van der Waals surface area (Å²) in [5, 5.41) is 2.07. The summed E-state index contributed by atoms with van der Waals surface area (Å²) in [4.78, 5) is 14.2. The normalized spacial score (nSPS) is 13.8. The first kappa shape index (κ1) is 36.2. The fraction of sp³-hybridized carbons (Fsp3) is 0.326. The zero-order chi connectivity index (χ0) is 34.1. The fourth-order valence-electron chi connectivity index (χ4n) is 7.37. The third kappa shape index (κ3) is 7.54. The summed E-state index contributed by atoms with van der Waals surface area (Å²) in [7, 11) is 0. The first-order valence-corrected chi connectivity index (χ1v) is 25.2. The SMILES string of the molecule is Cc1ccc2c(n1)oc1c(-c3nc4ccccc4n3C(C)C)[c-]ccc12.[CH3][Ge]([CH3])([CH3])[c]1cnc(-c2[c-]cccc2)cc1CC1CCCCC1.[Ir]. The minimum atomic E-state index is -1.89. The fourth-order valence-corrected chi connectivity index (χ4v) is 10.7. The number of aromatic nitrogens is 4. The number of benzene rings is 3. The van der Waals surface area contributed by atoms with E-state index in [1.54, 1.807) is 9.96 Å². The van der Waals surface area contributed by atoms with Gasteiger partial charge in [0.15, 0.2) is 0 Å². The second kappa shape index (κ2) is 15.3. The van der Waals surface area contributed by atoms with Crippen LogP contribution in [0.1, 0.15) is 63.3 Å². The van der Waals surface area contributed by atoms with Gasteiger partial charge in [-0.3, -0.25) is 4.98 Å². The molecule has 1 saturated carbocycles. The molecule has 1 aliphatic carbocycles. The van der Waals surface area contributed by atoms with Crippen LogP contribution in [0.5, 0.6) is 0 Å². The van der Waals surface area contributed by atoms with Gasteiger partial charge < -0.3 is 8.98 Å². The summed E-state index contributed by atoms with van der Waals surface area (Å²) in [5.41, 5.74) is 9.15. The van der Waals surface area contributed by atoms with E-state index in [0.717, 1.165) is 61.6 Å². The quantitative estimate of drug-likeness (QED) is 0.123. The Morgan fingerprint density at radius 2 is 1.66 bits per heavy atom. The Hall–Kier alpha value is -3.58. The van der Waals surface area contributed by atoms with Crippen molar-refractivity contribution in [3.8, 4) is 22.6 Å². The molecular formula is C43H46GeIrN4O-2. The maximum atomic E-state index is 6.15. The molecule has 7 heteroatoms. The van der Waals surface area contributed by atoms with Crippen molar-refractivity contribution in [3.05, 3.63) is 108 Å². The molecule has 8 rings (SSSR count). The van der Waals surface area contributed by atoms with Gasteiger partial charge in [0.25, 0.3) is 0 Å². The van der Waals surface area contributed by atoms with E-state index in [1.807, 2.05) is 55.5 Å². The van der Waals surface area contributed by atoms with Gasteiger partial charge in [-0.25, -0.2) is 4.98 Å². The number of pyridine rings is 2. The monoisotopic (exact) mass is 901 g/mol. The topological polar surface area (TPSA) is 56.7 Å². The molecule has 7 aromatic rings. The van der Waals surface area contributed by atoms with E-state index in [1.165, 1.54) is 38.5 Å². The van der Waals surface area contributed by atoms with Gasteiger partial charge in [-0.15, -0.1) is 18.2 Å². The molecule has 0 amide bonds. The molecule has 0 spiro atoms. The van der Waals surface area contributed by atoms with Gasteiger partial charge in [-0.1, -0.05) is 23.1 Å². The standard InChI is InChI=1S/C22H18N3O.C21H28GeN.Ir/c1-13(2)25-19-10-5-4-9-18(19)24-21(25)17-8-6-7-15-16-12-11-14(3)23-22(16)26-20(15)17;1-22(2,3)20-16-23-21(18-12-8-5-9-13-18)15-19(20)14-17-10-6-4-7-11-17;/h4-7,9-13H,1-3H3;5,8-9,12,15-17H,4,6-7,10-11,14H2,1-3H3;/q2*-1;. The summed E-state index contributed by atoms with van der Waals surface area (Å²) < 4.78 is 9.99. The second-order valence-corrected chi connectivity index (χ2v) is 25.4. The molecule has 1 radical (unpaired) electrons. The van der Waals surface area contributed by atoms with Crippen LogP contribution in [-0.4, -0.2) is 32.8 Å². The van der Waals surface area contributed by atoms with E-state index in [0.29, 0.717) is 5.71 Å². The van der Waals surface area contributed by atoms with Crippen LogP contribution in [0.2, 0.25) is 17.3 Å². The van der Waals surface area contributed by atoms with Crippen LogP contribution in [0.4, 0.5) is 0 Å². The van der Waals surface area contributed by atoms with Gasteiger partial charge in [-0.05, 0) is 45.0 Å². The third-order valence-corrected chi connectivity index (χ3v) is 14.1. The minimum absolute atomic E-state index is 0. The van der Waals surface area contributed by atoms with Gasteiger partial charge in [0.05, 0.1) is 22.4 Å². The predicted molar refractivity (Wildman–Crippen MR) is 206 cm³/mol. The number of hydrogen-bond acceptors (Lipinski definition) is 4. The van der Waals surface area contributed by atoms with Crippen molar-refractivity contribution in [1.82, 2.24) is 19.5 Å². The molecule has 1 aliphatic rings. The Kier molecular flexibility index (Phi) is 11.1. The maximum absolute atomic E-state index is 6.15. The maximum Gasteiger partial charge on any atom is 0 e. The van der Waals surface area contributed by atoms with Crippen molar-refractivity contribution in [2.24, 2.45) is 5.92 Å². The second-order valence-electron chi connectivity index (χ2n) is 14.9. The smallest absolute Gasteiger partial charge is 0 e. The molecule has 0 N–H and O–H groups in total. The zero-order valence-electron chi connectivity index (χ0n) is 30.0. The van der Waals surface area contributed by atoms with E-state index in [9.17, 15) is 0 Å². The number of furan rings is 1. The van der Waals surface area contributed by atoms with Crippen LogP contribution in [0, 0.1) is 25.0 Å². The molecule has 0 bridgehead atoms. The number of hydrogen-bond donors (Lipinski definition) is 0. The average Bonchev–Trinajstić information content (AvgIpc) is 3.67. The summed E-state index contributed by atoms with van der Waals surface area (Å²) in [6.45, 7) is 6.31. The van der Waals surface area contributed by atoms with E-state index >= 15 is 0 Å². The molecule has 4 heterocycles. The van der Waals surface area contributed by atoms with Crippen LogP contribution < -0.4 is 4.40 Å². The van der Waals surface area contributed by atoms with Crippen molar-refractivity contribution in [1.29, 1.82) is 0 Å². The van der Waals surface area contributed by atoms with Gasteiger partial charge >= 0.3 is 144 Å². The molecular weight excluding hydrogens is 853 g/mol. The van der Waals surface area contributed by atoms with Crippen LogP contribution in [-0.2, 0) is 26.5 Å². The molecule has 0 unspecified atom stereocenters. The molecule has 0 aliphatic heterocycles. The Bertz CT molecular complexity index is 2230. The average molecular weight is 900 g/mol. The number of imidazole rings is 1. The van der Waals surface area contributed by atoms with Crippen molar-refractivity contribution < 1.29 is 24.5 Å². The van der Waals surface area contributed by atoms with Crippen molar-refractivity contribution in [2.75, 3.05) is 0 Å². The number of nitrogens with zero attached hydrogens (tertiary/aromatic N) is 4. The molecule has 5 nitrogen and oxygen atoms in total. The van der Waals surface area contributed by atoms with Gasteiger partial charge in [0.2, 0.25) is 5.71 Å². The number of para-hydroxylation sites is 2. The molecule has 0 saturated heterocycles. The van der Waals surface area contributed by atoms with Crippen LogP contribution in [0.25, 0.3) is 55.7 Å². The van der Waals surface area contributed by atoms with Gasteiger partial charge in [0, 0.05) is 37.2 Å². The Balaban J connectivity index is 0.000000171. The van der Waals surface area contributed by atoms with Gasteiger partial charge in [0.1, 0.15) is 0 Å². The molecule has 4 aromatic heterocycles. The Labute approximate surface area is 312 Å². The van der Waals surface area contributed by atoms with Crippen LogP contribution >= 0.6 is 0 Å². The van der Waals surface area contributed by atoms with E-state index in [4.69, 9.17) is 14.4 Å². The van der Waals surface area contributed by atoms with E-state index in [2.05, 4.69) is 89.3 Å².